The molecule has 0 aliphatic rings. The number of anilines is 2. The van der Waals surface area contributed by atoms with E-state index in [2.05, 4.69) is 10.6 Å². The maximum atomic E-state index is 13.1. The molecule has 2 N–H and O–H groups in total. The molecule has 0 radical (unpaired) electrons. The molecule has 0 spiro atoms. The summed E-state index contributed by atoms with van der Waals surface area (Å²) >= 11 is 0. The van der Waals surface area contributed by atoms with Crippen molar-refractivity contribution in [3.05, 3.63) is 59.9 Å². The summed E-state index contributed by atoms with van der Waals surface area (Å²) in [6.07, 6.45) is 0.398. The summed E-state index contributed by atoms with van der Waals surface area (Å²) in [5, 5.41) is 5.79. The molecule has 0 saturated heterocycles. The predicted molar refractivity (Wildman–Crippen MR) is 90.1 cm³/mol. The number of amides is 1. The predicted octanol–water partition coefficient (Wildman–Crippen LogP) is 3.50. The van der Waals surface area contributed by atoms with Gasteiger partial charge in [0.1, 0.15) is 5.82 Å². The molecule has 0 fully saturated rings. The first-order chi connectivity index (χ1) is 11.5. The molecule has 0 aromatic heterocycles. The van der Waals surface area contributed by atoms with Crippen molar-refractivity contribution in [2.24, 2.45) is 0 Å². The Kier molecular flexibility index (Phi) is 5.89. The number of ether oxygens (including phenoxy) is 1. The zero-order valence-electron chi connectivity index (χ0n) is 13.5. The molecule has 1 atom stereocenters. The van der Waals surface area contributed by atoms with E-state index in [1.807, 2.05) is 0 Å². The summed E-state index contributed by atoms with van der Waals surface area (Å²) in [4.78, 5) is 23.4. The first-order valence-electron chi connectivity index (χ1n) is 7.53. The molecule has 0 saturated carbocycles. The number of hydrogen-bond acceptors (Lipinski definition) is 4. The Labute approximate surface area is 139 Å². The Hall–Kier alpha value is -2.89. The van der Waals surface area contributed by atoms with E-state index in [0.717, 1.165) is 0 Å². The highest BCUT2D eigenvalue weighted by Crippen LogP contribution is 2.22. The van der Waals surface area contributed by atoms with Gasteiger partial charge in [0.2, 0.25) is 5.91 Å². The highest BCUT2D eigenvalue weighted by Gasteiger charge is 2.21. The Morgan fingerprint density at radius 2 is 1.62 bits per heavy atom. The zero-order valence-corrected chi connectivity index (χ0v) is 13.5. The van der Waals surface area contributed by atoms with Gasteiger partial charge in [-0.1, -0.05) is 19.1 Å². The van der Waals surface area contributed by atoms with Gasteiger partial charge >= 0.3 is 5.97 Å². The van der Waals surface area contributed by atoms with Crippen LogP contribution in [0.5, 0.6) is 0 Å². The van der Waals surface area contributed by atoms with E-state index in [0.29, 0.717) is 23.4 Å². The van der Waals surface area contributed by atoms with E-state index in [9.17, 15) is 14.0 Å². The van der Waals surface area contributed by atoms with E-state index in [1.54, 1.807) is 31.2 Å². The second kappa shape index (κ2) is 8.10. The van der Waals surface area contributed by atoms with E-state index in [4.69, 9.17) is 4.74 Å². The Morgan fingerprint density at radius 3 is 2.17 bits per heavy atom. The van der Waals surface area contributed by atoms with Crippen molar-refractivity contribution in [3.63, 3.8) is 0 Å². The second-order valence-electron chi connectivity index (χ2n) is 5.13. The molecule has 1 amide bonds. The number of methoxy groups -OCH3 is 1. The zero-order chi connectivity index (χ0) is 17.5. The first kappa shape index (κ1) is 17.5. The van der Waals surface area contributed by atoms with Crippen LogP contribution in [0, 0.1) is 5.82 Å². The van der Waals surface area contributed by atoms with E-state index < -0.39 is 12.0 Å². The summed E-state index contributed by atoms with van der Waals surface area (Å²) in [5.74, 6) is -0.933. The van der Waals surface area contributed by atoms with E-state index >= 15 is 0 Å². The van der Waals surface area contributed by atoms with Crippen molar-refractivity contribution in [2.75, 3.05) is 17.7 Å². The molecular weight excluding hydrogens is 311 g/mol. The van der Waals surface area contributed by atoms with Gasteiger partial charge in [0.25, 0.3) is 0 Å². The summed E-state index contributed by atoms with van der Waals surface area (Å²) in [6, 6.07) is 11.8. The lowest BCUT2D eigenvalue weighted by Gasteiger charge is -2.18. The SMILES string of the molecule is CCC(=O)Nc1ccc(NC(C(=O)OC)c2ccc(F)cc2)cc1. The molecule has 0 heterocycles. The van der Waals surface area contributed by atoms with Crippen molar-refractivity contribution in [2.45, 2.75) is 19.4 Å². The minimum Gasteiger partial charge on any atom is -0.467 e. The van der Waals surface area contributed by atoms with Gasteiger partial charge in [0.15, 0.2) is 6.04 Å². The standard InChI is InChI=1S/C18H19FN2O3/c1-3-16(22)20-14-8-10-15(11-9-14)21-17(18(23)24-2)12-4-6-13(19)7-5-12/h4-11,17,21H,3H2,1-2H3,(H,20,22). The summed E-state index contributed by atoms with van der Waals surface area (Å²) in [6.45, 7) is 1.77. The van der Waals surface area contributed by atoms with Crippen LogP contribution in [-0.4, -0.2) is 19.0 Å². The number of carbonyl (C=O) groups excluding carboxylic acids is 2. The quantitative estimate of drug-likeness (QED) is 0.796. The van der Waals surface area contributed by atoms with Gasteiger partial charge < -0.3 is 15.4 Å². The van der Waals surface area contributed by atoms with Crippen LogP contribution in [0.2, 0.25) is 0 Å². The average Bonchev–Trinajstić information content (AvgIpc) is 2.61. The van der Waals surface area contributed by atoms with Gasteiger partial charge in [0, 0.05) is 17.8 Å². The number of hydrogen-bond donors (Lipinski definition) is 2. The van der Waals surface area contributed by atoms with Gasteiger partial charge in [-0.2, -0.15) is 0 Å². The molecular formula is C18H19FN2O3. The third-order valence-corrected chi connectivity index (χ3v) is 3.44. The van der Waals surface area contributed by atoms with Gasteiger partial charge in [-0.3, -0.25) is 4.79 Å². The molecule has 1 unspecified atom stereocenters. The van der Waals surface area contributed by atoms with Crippen LogP contribution in [-0.2, 0) is 14.3 Å². The molecule has 2 aromatic carbocycles. The lowest BCUT2D eigenvalue weighted by molar-refractivity contribution is -0.141. The lowest BCUT2D eigenvalue weighted by atomic mass is 10.1. The molecule has 0 aliphatic carbocycles. The van der Waals surface area contributed by atoms with Crippen molar-refractivity contribution < 1.29 is 18.7 Å². The molecule has 2 rings (SSSR count). The van der Waals surface area contributed by atoms with Crippen molar-refractivity contribution in [3.8, 4) is 0 Å². The van der Waals surface area contributed by atoms with Crippen LogP contribution in [0.15, 0.2) is 48.5 Å². The topological polar surface area (TPSA) is 67.4 Å². The average molecular weight is 330 g/mol. The van der Waals surface area contributed by atoms with Gasteiger partial charge in [-0.05, 0) is 42.0 Å². The molecule has 0 aliphatic heterocycles. The highest BCUT2D eigenvalue weighted by molar-refractivity contribution is 5.90. The Bertz CT molecular complexity index is 699. The molecule has 6 heteroatoms. The van der Waals surface area contributed by atoms with Crippen LogP contribution in [0.4, 0.5) is 15.8 Å². The Morgan fingerprint density at radius 1 is 1.04 bits per heavy atom. The number of nitrogens with one attached hydrogen (secondary N) is 2. The van der Waals surface area contributed by atoms with Crippen molar-refractivity contribution in [1.29, 1.82) is 0 Å². The smallest absolute Gasteiger partial charge is 0.332 e. The van der Waals surface area contributed by atoms with Gasteiger partial charge in [-0.15, -0.1) is 0 Å². The normalized spacial score (nSPS) is 11.5. The van der Waals surface area contributed by atoms with Crippen LogP contribution >= 0.6 is 0 Å². The molecule has 24 heavy (non-hydrogen) atoms. The van der Waals surface area contributed by atoms with Crippen molar-refractivity contribution in [1.82, 2.24) is 0 Å². The lowest BCUT2D eigenvalue weighted by Crippen LogP contribution is -2.22. The van der Waals surface area contributed by atoms with Gasteiger partial charge in [-0.25, -0.2) is 9.18 Å². The third kappa shape index (κ3) is 4.55. The minimum absolute atomic E-state index is 0.0746. The maximum absolute atomic E-state index is 13.1. The van der Waals surface area contributed by atoms with Crippen LogP contribution < -0.4 is 10.6 Å². The largest absolute Gasteiger partial charge is 0.467 e. The van der Waals surface area contributed by atoms with Crippen molar-refractivity contribution >= 4 is 23.3 Å². The van der Waals surface area contributed by atoms with Crippen LogP contribution in [0.25, 0.3) is 0 Å². The number of halogens is 1. The number of benzene rings is 2. The second-order valence-corrected chi connectivity index (χ2v) is 5.13. The monoisotopic (exact) mass is 330 g/mol. The molecule has 0 bridgehead atoms. The third-order valence-electron chi connectivity index (χ3n) is 3.44. The maximum Gasteiger partial charge on any atom is 0.332 e. The van der Waals surface area contributed by atoms with E-state index in [-0.39, 0.29) is 11.7 Å². The molecule has 2 aromatic rings. The minimum atomic E-state index is -0.758. The fourth-order valence-electron chi connectivity index (χ4n) is 2.12. The van der Waals surface area contributed by atoms with Gasteiger partial charge in [0.05, 0.1) is 7.11 Å². The van der Waals surface area contributed by atoms with E-state index in [1.165, 1.54) is 31.4 Å². The molecule has 5 nitrogen and oxygen atoms in total. The number of rotatable bonds is 6. The fourth-order valence-corrected chi connectivity index (χ4v) is 2.12. The fraction of sp³-hybridized carbons (Fsp3) is 0.222. The van der Waals surface area contributed by atoms with Crippen LogP contribution in [0.3, 0.4) is 0 Å². The highest BCUT2D eigenvalue weighted by atomic mass is 19.1. The summed E-state index contributed by atoms with van der Waals surface area (Å²) < 4.78 is 17.9. The van der Waals surface area contributed by atoms with Crippen LogP contribution in [0.1, 0.15) is 24.9 Å². The number of carbonyl (C=O) groups is 2. The summed E-state index contributed by atoms with van der Waals surface area (Å²) in [5.41, 5.74) is 1.93. The Balaban J connectivity index is 2.16. The molecule has 126 valence electrons. The summed E-state index contributed by atoms with van der Waals surface area (Å²) in [7, 11) is 1.30. The first-order valence-corrected chi connectivity index (χ1v) is 7.53. The number of esters is 1.